The predicted molar refractivity (Wildman–Crippen MR) is 92.8 cm³/mol. The molecule has 0 radical (unpaired) electrons. The number of anilines is 1. The summed E-state index contributed by atoms with van der Waals surface area (Å²) in [5.74, 6) is -1.50. The first kappa shape index (κ1) is 19.1. The van der Waals surface area contributed by atoms with Gasteiger partial charge in [0, 0.05) is 5.69 Å². The van der Waals surface area contributed by atoms with Crippen LogP contribution in [0, 0.1) is 10.1 Å². The lowest BCUT2D eigenvalue weighted by Gasteiger charge is -2.14. The van der Waals surface area contributed by atoms with Crippen molar-refractivity contribution in [2.45, 2.75) is 25.8 Å². The van der Waals surface area contributed by atoms with Gasteiger partial charge in [0.25, 0.3) is 5.91 Å². The normalized spacial score (nSPS) is 11.6. The monoisotopic (exact) mass is 361 g/mol. The molecule has 2 aromatic rings. The van der Waals surface area contributed by atoms with Crippen molar-refractivity contribution in [3.63, 3.8) is 0 Å². The highest BCUT2D eigenvalue weighted by Crippen LogP contribution is 2.17. The third-order valence-corrected chi connectivity index (χ3v) is 3.65. The fourth-order valence-electron chi connectivity index (χ4n) is 2.19. The third-order valence-electron chi connectivity index (χ3n) is 3.65. The maximum Gasteiger partial charge on any atom is 0.433 e. The molecule has 1 atom stereocenters. The van der Waals surface area contributed by atoms with Gasteiger partial charge >= 0.3 is 5.88 Å². The number of rotatable bonds is 8. The van der Waals surface area contributed by atoms with Crippen molar-refractivity contribution in [2.75, 3.05) is 11.9 Å². The second-order valence-corrected chi connectivity index (χ2v) is 5.58. The van der Waals surface area contributed by atoms with Gasteiger partial charge < -0.3 is 20.2 Å². The Hall–Kier alpha value is -3.20. The molecule has 1 aromatic carbocycles. The van der Waals surface area contributed by atoms with Crippen molar-refractivity contribution in [1.82, 2.24) is 5.32 Å². The number of benzene rings is 1. The second kappa shape index (κ2) is 8.77. The Labute approximate surface area is 149 Å². The lowest BCUT2D eigenvalue weighted by atomic mass is 10.1. The molecule has 9 heteroatoms. The number of hydrogen-bond acceptors (Lipinski definition) is 6. The number of nitro groups is 1. The molecular formula is C17H19N3O6. The quantitative estimate of drug-likeness (QED) is 0.485. The van der Waals surface area contributed by atoms with E-state index >= 15 is 0 Å². The van der Waals surface area contributed by atoms with Crippen LogP contribution in [0.4, 0.5) is 11.6 Å². The molecule has 0 spiro atoms. The lowest BCUT2D eigenvalue weighted by Crippen LogP contribution is -2.37. The molecule has 2 amide bonds. The first-order chi connectivity index (χ1) is 12.4. The average molecular weight is 361 g/mol. The van der Waals surface area contributed by atoms with Crippen LogP contribution in [0.2, 0.25) is 0 Å². The maximum absolute atomic E-state index is 12.0. The van der Waals surface area contributed by atoms with E-state index in [0.29, 0.717) is 12.1 Å². The van der Waals surface area contributed by atoms with Crippen LogP contribution in [0.3, 0.4) is 0 Å². The van der Waals surface area contributed by atoms with Crippen LogP contribution in [-0.2, 0) is 11.2 Å². The predicted octanol–water partition coefficient (Wildman–Crippen LogP) is 1.87. The van der Waals surface area contributed by atoms with Crippen molar-refractivity contribution in [3.8, 4) is 0 Å². The van der Waals surface area contributed by atoms with E-state index in [1.165, 1.54) is 6.07 Å². The summed E-state index contributed by atoms with van der Waals surface area (Å²) in [5, 5.41) is 24.9. The zero-order valence-electron chi connectivity index (χ0n) is 14.1. The van der Waals surface area contributed by atoms with Gasteiger partial charge in [-0.05, 0) is 30.2 Å². The first-order valence-corrected chi connectivity index (χ1v) is 7.97. The van der Waals surface area contributed by atoms with Crippen LogP contribution >= 0.6 is 0 Å². The molecule has 138 valence electrons. The number of amides is 2. The summed E-state index contributed by atoms with van der Waals surface area (Å²) in [6.45, 7) is 1.75. The molecule has 9 nitrogen and oxygen atoms in total. The fraction of sp³-hybridized carbons (Fsp3) is 0.294. The molecule has 0 saturated heterocycles. The van der Waals surface area contributed by atoms with E-state index in [9.17, 15) is 19.7 Å². The molecule has 0 bridgehead atoms. The van der Waals surface area contributed by atoms with Crippen molar-refractivity contribution in [1.29, 1.82) is 0 Å². The van der Waals surface area contributed by atoms with Crippen LogP contribution in [0.5, 0.6) is 0 Å². The topological polar surface area (TPSA) is 135 Å². The van der Waals surface area contributed by atoms with Gasteiger partial charge in [0.05, 0.1) is 25.1 Å². The molecular weight excluding hydrogens is 342 g/mol. The van der Waals surface area contributed by atoms with Gasteiger partial charge in [-0.15, -0.1) is 0 Å². The molecule has 26 heavy (non-hydrogen) atoms. The van der Waals surface area contributed by atoms with Gasteiger partial charge in [-0.1, -0.05) is 19.1 Å². The summed E-state index contributed by atoms with van der Waals surface area (Å²) >= 11 is 0. The van der Waals surface area contributed by atoms with Crippen molar-refractivity contribution < 1.29 is 24.0 Å². The number of nitrogens with one attached hydrogen (secondary N) is 2. The van der Waals surface area contributed by atoms with E-state index in [2.05, 4.69) is 10.6 Å². The number of carbonyl (C=O) groups excluding carboxylic acids is 2. The van der Waals surface area contributed by atoms with Gasteiger partial charge in [-0.25, -0.2) is 0 Å². The van der Waals surface area contributed by atoms with E-state index in [4.69, 9.17) is 9.52 Å². The Kier molecular flexibility index (Phi) is 6.45. The maximum atomic E-state index is 12.0. The highest BCUT2D eigenvalue weighted by molar-refractivity contribution is 6.02. The van der Waals surface area contributed by atoms with Gasteiger partial charge in [-0.3, -0.25) is 19.7 Å². The summed E-state index contributed by atoms with van der Waals surface area (Å²) < 4.78 is 4.83. The Morgan fingerprint density at radius 3 is 2.46 bits per heavy atom. The van der Waals surface area contributed by atoms with Gasteiger partial charge in [0.2, 0.25) is 5.91 Å². The average Bonchev–Trinajstić information content (AvgIpc) is 3.12. The molecule has 0 saturated carbocycles. The third kappa shape index (κ3) is 5.15. The van der Waals surface area contributed by atoms with Crippen LogP contribution in [0.1, 0.15) is 29.5 Å². The van der Waals surface area contributed by atoms with Crippen LogP contribution in [0.25, 0.3) is 0 Å². The minimum atomic E-state index is -0.726. The summed E-state index contributed by atoms with van der Waals surface area (Å²) in [5.41, 5.74) is 1.20. The SMILES string of the molecule is CCC(CO)NC(=O)Cc1ccc(NC(=O)c2ccc([N+](=O)[O-])o2)cc1. The molecule has 1 heterocycles. The standard InChI is InChI=1S/C17H19N3O6/c1-2-12(10-21)18-15(22)9-11-3-5-13(6-4-11)19-17(23)14-7-8-16(26-14)20(24)25/h3-8,12,21H,2,9-10H2,1H3,(H,18,22)(H,19,23). The van der Waals surface area contributed by atoms with Crippen LogP contribution < -0.4 is 10.6 Å². The van der Waals surface area contributed by atoms with Crippen LogP contribution in [0.15, 0.2) is 40.8 Å². The zero-order chi connectivity index (χ0) is 19.1. The smallest absolute Gasteiger partial charge is 0.395 e. The van der Waals surface area contributed by atoms with E-state index in [1.54, 1.807) is 24.3 Å². The van der Waals surface area contributed by atoms with Crippen LogP contribution in [-0.4, -0.2) is 34.5 Å². The molecule has 0 aliphatic carbocycles. The van der Waals surface area contributed by atoms with Gasteiger partial charge in [0.1, 0.15) is 4.92 Å². The first-order valence-electron chi connectivity index (χ1n) is 7.97. The van der Waals surface area contributed by atoms with Gasteiger partial charge in [0.15, 0.2) is 5.76 Å². The molecule has 3 N–H and O–H groups in total. The van der Waals surface area contributed by atoms with E-state index in [-0.39, 0.29) is 30.7 Å². The Morgan fingerprint density at radius 1 is 1.23 bits per heavy atom. The molecule has 0 aliphatic heterocycles. The van der Waals surface area contributed by atoms with Gasteiger partial charge in [-0.2, -0.15) is 0 Å². The summed E-state index contributed by atoms with van der Waals surface area (Å²) in [4.78, 5) is 33.7. The minimum absolute atomic E-state index is 0.113. The molecule has 1 unspecified atom stereocenters. The molecule has 0 fully saturated rings. The number of hydrogen-bond donors (Lipinski definition) is 3. The minimum Gasteiger partial charge on any atom is -0.395 e. The Bertz CT molecular complexity index is 780. The van der Waals surface area contributed by atoms with E-state index in [0.717, 1.165) is 11.6 Å². The number of aliphatic hydroxyl groups is 1. The summed E-state index contributed by atoms with van der Waals surface area (Å²) in [6, 6.07) is 8.64. The van der Waals surface area contributed by atoms with E-state index in [1.807, 2.05) is 6.92 Å². The van der Waals surface area contributed by atoms with Crippen molar-refractivity contribution in [3.05, 3.63) is 57.8 Å². The fourth-order valence-corrected chi connectivity index (χ4v) is 2.19. The van der Waals surface area contributed by atoms with Crippen molar-refractivity contribution >= 4 is 23.4 Å². The highest BCUT2D eigenvalue weighted by Gasteiger charge is 2.17. The molecule has 1 aromatic heterocycles. The Morgan fingerprint density at radius 2 is 1.92 bits per heavy atom. The van der Waals surface area contributed by atoms with E-state index < -0.39 is 16.7 Å². The molecule has 2 rings (SSSR count). The summed E-state index contributed by atoms with van der Waals surface area (Å²) in [7, 11) is 0. The number of furan rings is 1. The second-order valence-electron chi connectivity index (χ2n) is 5.58. The number of carbonyl (C=O) groups is 2. The largest absolute Gasteiger partial charge is 0.433 e. The number of nitrogens with zero attached hydrogens (tertiary/aromatic N) is 1. The molecule has 0 aliphatic rings. The Balaban J connectivity index is 1.93. The zero-order valence-corrected chi connectivity index (χ0v) is 14.1. The number of aliphatic hydroxyl groups excluding tert-OH is 1. The van der Waals surface area contributed by atoms with Crippen molar-refractivity contribution in [2.24, 2.45) is 0 Å². The lowest BCUT2D eigenvalue weighted by molar-refractivity contribution is -0.402. The summed E-state index contributed by atoms with van der Waals surface area (Å²) in [6.07, 6.45) is 0.785. The highest BCUT2D eigenvalue weighted by atomic mass is 16.6.